The van der Waals surface area contributed by atoms with E-state index in [1.54, 1.807) is 0 Å². The molecule has 0 amide bonds. The van der Waals surface area contributed by atoms with Crippen LogP contribution in [0.4, 0.5) is 0 Å². The van der Waals surface area contributed by atoms with E-state index < -0.39 is 22.6 Å². The molecule has 0 saturated heterocycles. The molecule has 0 aromatic carbocycles. The van der Waals surface area contributed by atoms with Crippen molar-refractivity contribution in [3.05, 3.63) is 20.2 Å². The van der Waals surface area contributed by atoms with Crippen LogP contribution in [0.1, 0.15) is 19.3 Å². The molecule has 0 aromatic rings. The first-order valence-electron chi connectivity index (χ1n) is 3.90. The molecule has 0 aliphatic heterocycles. The Morgan fingerprint density at radius 1 is 1.13 bits per heavy atom. The fourth-order valence-corrected chi connectivity index (χ4v) is 0.801. The van der Waals surface area contributed by atoms with Gasteiger partial charge in [0.2, 0.25) is 0 Å². The SMILES string of the molecule is O=[N+]([O-])OC(O)(CCCCO)O[N+](=O)[O-]. The van der Waals surface area contributed by atoms with Crippen LogP contribution in [0.25, 0.3) is 0 Å². The maximum Gasteiger partial charge on any atom is 0.364 e. The molecule has 10 heteroatoms. The molecule has 0 heterocycles. The summed E-state index contributed by atoms with van der Waals surface area (Å²) in [6.45, 7) is -0.215. The number of rotatable bonds is 8. The topological polar surface area (TPSA) is 145 Å². The third-order valence-electron chi connectivity index (χ3n) is 1.34. The highest BCUT2D eigenvalue weighted by Crippen LogP contribution is 2.17. The second-order valence-corrected chi connectivity index (χ2v) is 2.52. The molecule has 88 valence electrons. The first-order valence-corrected chi connectivity index (χ1v) is 3.90. The van der Waals surface area contributed by atoms with Crippen molar-refractivity contribution in [3.8, 4) is 0 Å². The maximum absolute atomic E-state index is 9.90. The Labute approximate surface area is 83.2 Å². The van der Waals surface area contributed by atoms with Crippen molar-refractivity contribution < 1.29 is 30.1 Å². The van der Waals surface area contributed by atoms with Gasteiger partial charge in [-0.1, -0.05) is 0 Å². The molecule has 0 bridgehead atoms. The highest BCUT2D eigenvalue weighted by Gasteiger charge is 2.35. The Hall–Kier alpha value is -1.68. The first kappa shape index (κ1) is 13.3. The lowest BCUT2D eigenvalue weighted by Gasteiger charge is -2.21. The number of hydrogen-bond acceptors (Lipinski definition) is 8. The van der Waals surface area contributed by atoms with Gasteiger partial charge in [-0.25, -0.2) is 9.68 Å². The molecule has 0 fully saturated rings. The standard InChI is InChI=1S/C5H10N2O8/c8-4-2-1-3-5(9,14-6(10)11)15-7(12)13/h8-9H,1-4H2. The van der Waals surface area contributed by atoms with Crippen molar-refractivity contribution >= 4 is 0 Å². The van der Waals surface area contributed by atoms with Crippen LogP contribution in [-0.2, 0) is 9.68 Å². The van der Waals surface area contributed by atoms with Crippen molar-refractivity contribution in [2.24, 2.45) is 0 Å². The summed E-state index contributed by atoms with van der Waals surface area (Å²) in [5, 5.41) is 34.6. The molecule has 0 unspecified atom stereocenters. The van der Waals surface area contributed by atoms with Crippen molar-refractivity contribution in [3.63, 3.8) is 0 Å². The summed E-state index contributed by atoms with van der Waals surface area (Å²) >= 11 is 0. The molecular formula is C5H10N2O8. The quantitative estimate of drug-likeness (QED) is 0.237. The smallest absolute Gasteiger partial charge is 0.364 e. The largest absolute Gasteiger partial charge is 0.396 e. The highest BCUT2D eigenvalue weighted by atomic mass is 17.1. The monoisotopic (exact) mass is 226 g/mol. The van der Waals surface area contributed by atoms with E-state index >= 15 is 0 Å². The van der Waals surface area contributed by atoms with Crippen LogP contribution in [0.5, 0.6) is 0 Å². The van der Waals surface area contributed by atoms with E-state index in [-0.39, 0.29) is 19.4 Å². The summed E-state index contributed by atoms with van der Waals surface area (Å²) in [4.78, 5) is 27.1. The van der Waals surface area contributed by atoms with E-state index in [4.69, 9.17) is 10.2 Å². The number of unbranched alkanes of at least 4 members (excludes halogenated alkanes) is 1. The molecule has 10 nitrogen and oxygen atoms in total. The number of hydrogen-bond donors (Lipinski definition) is 2. The van der Waals surface area contributed by atoms with Gasteiger partial charge in [0.15, 0.2) is 0 Å². The Morgan fingerprint density at radius 2 is 1.60 bits per heavy atom. The first-order chi connectivity index (χ1) is 6.89. The highest BCUT2D eigenvalue weighted by molar-refractivity contribution is 4.50. The van der Waals surface area contributed by atoms with Gasteiger partial charge in [0.05, 0.1) is 0 Å². The van der Waals surface area contributed by atoms with Gasteiger partial charge in [-0.05, 0) is 12.8 Å². The summed E-state index contributed by atoms with van der Waals surface area (Å²) in [5.74, 6) is -2.91. The molecule has 2 N–H and O–H groups in total. The molecule has 0 radical (unpaired) electrons. The minimum absolute atomic E-state index is 0.0642. The molecule has 0 aromatic heterocycles. The summed E-state index contributed by atoms with van der Waals surface area (Å²) in [6.07, 6.45) is -0.241. The van der Waals surface area contributed by atoms with Crippen LogP contribution in [0, 0.1) is 20.2 Å². The van der Waals surface area contributed by atoms with Gasteiger partial charge in [-0.2, -0.15) is 0 Å². The predicted octanol–water partition coefficient (Wildman–Crippen LogP) is -0.788. The van der Waals surface area contributed by atoms with E-state index in [1.807, 2.05) is 0 Å². The zero-order chi connectivity index (χ0) is 11.9. The van der Waals surface area contributed by atoms with Gasteiger partial charge in [-0.15, -0.1) is 20.2 Å². The second kappa shape index (κ2) is 5.93. The van der Waals surface area contributed by atoms with E-state index in [9.17, 15) is 20.2 Å². The van der Waals surface area contributed by atoms with Crippen LogP contribution < -0.4 is 0 Å². The Morgan fingerprint density at radius 3 is 1.93 bits per heavy atom. The fraction of sp³-hybridized carbons (Fsp3) is 1.00. The van der Waals surface area contributed by atoms with Crippen molar-refractivity contribution in [2.45, 2.75) is 25.2 Å². The van der Waals surface area contributed by atoms with Crippen molar-refractivity contribution in [2.75, 3.05) is 6.61 Å². The van der Waals surface area contributed by atoms with E-state index in [1.165, 1.54) is 0 Å². The molecule has 0 aliphatic carbocycles. The summed E-state index contributed by atoms with van der Waals surface area (Å²) in [5.41, 5.74) is 0. The lowest BCUT2D eigenvalue weighted by Crippen LogP contribution is -2.39. The van der Waals surface area contributed by atoms with Crippen molar-refractivity contribution in [1.29, 1.82) is 0 Å². The summed E-state index contributed by atoms with van der Waals surface area (Å²) in [6, 6.07) is 0. The average Bonchev–Trinajstić information content (AvgIpc) is 2.00. The van der Waals surface area contributed by atoms with Gasteiger partial charge in [0, 0.05) is 13.0 Å². The number of aliphatic hydroxyl groups is 2. The van der Waals surface area contributed by atoms with Crippen LogP contribution in [-0.4, -0.2) is 33.0 Å². The van der Waals surface area contributed by atoms with Crippen LogP contribution in [0.2, 0.25) is 0 Å². The van der Waals surface area contributed by atoms with Gasteiger partial charge in [-0.3, -0.25) is 0 Å². The molecule has 15 heavy (non-hydrogen) atoms. The third kappa shape index (κ3) is 6.40. The van der Waals surface area contributed by atoms with E-state index in [0.29, 0.717) is 0 Å². The minimum atomic E-state index is -2.91. The molecular weight excluding hydrogens is 216 g/mol. The molecule has 0 rings (SSSR count). The lowest BCUT2D eigenvalue weighted by atomic mass is 10.2. The maximum atomic E-state index is 9.90. The second-order valence-electron chi connectivity index (χ2n) is 2.52. The van der Waals surface area contributed by atoms with Gasteiger partial charge in [0.1, 0.15) is 0 Å². The van der Waals surface area contributed by atoms with Crippen molar-refractivity contribution in [1.82, 2.24) is 0 Å². The minimum Gasteiger partial charge on any atom is -0.396 e. The fourth-order valence-electron chi connectivity index (χ4n) is 0.801. The van der Waals surface area contributed by atoms with Gasteiger partial charge < -0.3 is 10.2 Å². The predicted molar refractivity (Wildman–Crippen MR) is 42.0 cm³/mol. The van der Waals surface area contributed by atoms with Crippen LogP contribution in [0.15, 0.2) is 0 Å². The Kier molecular flexibility index (Phi) is 5.26. The van der Waals surface area contributed by atoms with E-state index in [2.05, 4.69) is 9.68 Å². The lowest BCUT2D eigenvalue weighted by molar-refractivity contribution is -0.894. The summed E-state index contributed by atoms with van der Waals surface area (Å²) in [7, 11) is 0. The number of aliphatic hydroxyl groups excluding tert-OH is 1. The zero-order valence-electron chi connectivity index (χ0n) is 7.57. The number of nitrogens with zero attached hydrogens (tertiary/aromatic N) is 2. The van der Waals surface area contributed by atoms with Gasteiger partial charge in [0.25, 0.3) is 10.2 Å². The Balaban J connectivity index is 4.26. The molecule has 0 atom stereocenters. The van der Waals surface area contributed by atoms with Crippen LogP contribution >= 0.6 is 0 Å². The summed E-state index contributed by atoms with van der Waals surface area (Å²) < 4.78 is 0. The molecule has 0 spiro atoms. The Bertz CT molecular complexity index is 215. The molecule has 0 aliphatic rings. The molecule has 0 saturated carbocycles. The van der Waals surface area contributed by atoms with Crippen LogP contribution in [0.3, 0.4) is 0 Å². The van der Waals surface area contributed by atoms with Gasteiger partial charge >= 0.3 is 5.97 Å². The third-order valence-corrected chi connectivity index (χ3v) is 1.34. The zero-order valence-corrected chi connectivity index (χ0v) is 7.57. The van der Waals surface area contributed by atoms with E-state index in [0.717, 1.165) is 0 Å². The average molecular weight is 226 g/mol. The normalized spacial score (nSPS) is 10.8.